The molecule has 1 aromatic carbocycles. The number of anilines is 1. The standard InChI is InChI=1S/C17H27BrN2/c1-12(2)9-10-20(15-6-7-15)17-8-5-14(11-16(17)18)13(3)19-4/h5,8,11-13,15,19H,6-7,9-10H2,1-4H3. The quantitative estimate of drug-likeness (QED) is 0.772. The highest BCUT2D eigenvalue weighted by atomic mass is 79.9. The van der Waals surface area contributed by atoms with E-state index in [-0.39, 0.29) is 0 Å². The monoisotopic (exact) mass is 338 g/mol. The molecule has 0 amide bonds. The molecule has 1 saturated carbocycles. The molecule has 1 unspecified atom stereocenters. The van der Waals surface area contributed by atoms with Gasteiger partial charge in [0.25, 0.3) is 0 Å². The van der Waals surface area contributed by atoms with Gasteiger partial charge in [0.1, 0.15) is 0 Å². The van der Waals surface area contributed by atoms with Crippen molar-refractivity contribution in [2.75, 3.05) is 18.5 Å². The molecular weight excluding hydrogens is 312 g/mol. The number of benzene rings is 1. The van der Waals surface area contributed by atoms with Crippen LogP contribution in [0.5, 0.6) is 0 Å². The maximum atomic E-state index is 3.78. The van der Waals surface area contributed by atoms with Gasteiger partial charge >= 0.3 is 0 Å². The Morgan fingerprint density at radius 1 is 1.30 bits per heavy atom. The Labute approximate surface area is 132 Å². The second-order valence-corrected chi connectivity index (χ2v) is 7.18. The van der Waals surface area contributed by atoms with Gasteiger partial charge < -0.3 is 10.2 Å². The summed E-state index contributed by atoms with van der Waals surface area (Å²) in [4.78, 5) is 2.60. The lowest BCUT2D eigenvalue weighted by Crippen LogP contribution is -2.28. The van der Waals surface area contributed by atoms with Gasteiger partial charge in [0.05, 0.1) is 5.69 Å². The van der Waals surface area contributed by atoms with Crippen molar-refractivity contribution in [2.24, 2.45) is 5.92 Å². The molecule has 1 atom stereocenters. The van der Waals surface area contributed by atoms with Crippen LogP contribution in [-0.4, -0.2) is 19.6 Å². The fraction of sp³-hybridized carbons (Fsp3) is 0.647. The van der Waals surface area contributed by atoms with Gasteiger partial charge in [0, 0.05) is 23.1 Å². The van der Waals surface area contributed by atoms with Gasteiger partial charge in [-0.05, 0) is 72.8 Å². The van der Waals surface area contributed by atoms with Crippen molar-refractivity contribution in [3.05, 3.63) is 28.2 Å². The molecule has 1 fully saturated rings. The highest BCUT2D eigenvalue weighted by Crippen LogP contribution is 2.37. The number of rotatable bonds is 7. The Morgan fingerprint density at radius 3 is 2.50 bits per heavy atom. The molecular formula is C17H27BrN2. The van der Waals surface area contributed by atoms with E-state index in [0.29, 0.717) is 6.04 Å². The number of nitrogens with one attached hydrogen (secondary N) is 1. The third-order valence-corrected chi connectivity index (χ3v) is 4.78. The summed E-state index contributed by atoms with van der Waals surface area (Å²) in [6, 6.07) is 7.96. The van der Waals surface area contributed by atoms with Crippen molar-refractivity contribution in [1.82, 2.24) is 5.32 Å². The second kappa shape index (κ2) is 6.95. The van der Waals surface area contributed by atoms with Gasteiger partial charge in [-0.1, -0.05) is 19.9 Å². The van der Waals surface area contributed by atoms with Gasteiger partial charge in [-0.2, -0.15) is 0 Å². The Balaban J connectivity index is 2.16. The van der Waals surface area contributed by atoms with Gasteiger partial charge in [0.2, 0.25) is 0 Å². The highest BCUT2D eigenvalue weighted by Gasteiger charge is 2.30. The lowest BCUT2D eigenvalue weighted by Gasteiger charge is -2.27. The van der Waals surface area contributed by atoms with Crippen LogP contribution in [0.4, 0.5) is 5.69 Å². The average Bonchev–Trinajstić information content (AvgIpc) is 3.23. The largest absolute Gasteiger partial charge is 0.368 e. The molecule has 1 N–H and O–H groups in total. The van der Waals surface area contributed by atoms with Crippen LogP contribution in [0.1, 0.15) is 51.6 Å². The third kappa shape index (κ3) is 3.98. The van der Waals surface area contributed by atoms with Crippen molar-refractivity contribution in [2.45, 2.75) is 52.1 Å². The first kappa shape index (κ1) is 15.8. The van der Waals surface area contributed by atoms with Gasteiger partial charge in [-0.15, -0.1) is 0 Å². The molecule has 2 rings (SSSR count). The fourth-order valence-corrected chi connectivity index (χ4v) is 3.10. The number of halogens is 1. The first-order valence-corrected chi connectivity index (χ1v) is 8.55. The van der Waals surface area contributed by atoms with E-state index in [1.807, 2.05) is 7.05 Å². The highest BCUT2D eigenvalue weighted by molar-refractivity contribution is 9.10. The topological polar surface area (TPSA) is 15.3 Å². The first-order valence-electron chi connectivity index (χ1n) is 7.76. The van der Waals surface area contributed by atoms with E-state index in [4.69, 9.17) is 0 Å². The second-order valence-electron chi connectivity index (χ2n) is 6.33. The molecule has 0 spiro atoms. The predicted molar refractivity (Wildman–Crippen MR) is 91.4 cm³/mol. The van der Waals surface area contributed by atoms with Crippen LogP contribution in [0.25, 0.3) is 0 Å². The van der Waals surface area contributed by atoms with Gasteiger partial charge in [-0.3, -0.25) is 0 Å². The summed E-state index contributed by atoms with van der Waals surface area (Å²) >= 11 is 3.78. The molecule has 112 valence electrons. The smallest absolute Gasteiger partial charge is 0.0513 e. The van der Waals surface area contributed by atoms with E-state index >= 15 is 0 Å². The molecule has 1 aliphatic carbocycles. The Bertz CT molecular complexity index is 441. The zero-order chi connectivity index (χ0) is 14.7. The molecule has 0 saturated heterocycles. The molecule has 0 bridgehead atoms. The summed E-state index contributed by atoms with van der Waals surface area (Å²) in [6.07, 6.45) is 3.95. The Morgan fingerprint density at radius 2 is 2.00 bits per heavy atom. The Kier molecular flexibility index (Phi) is 5.50. The third-order valence-electron chi connectivity index (χ3n) is 4.15. The summed E-state index contributed by atoms with van der Waals surface area (Å²) in [5.41, 5.74) is 2.70. The number of nitrogens with zero attached hydrogens (tertiary/aromatic N) is 1. The molecule has 3 heteroatoms. The molecule has 0 aliphatic heterocycles. The summed E-state index contributed by atoms with van der Waals surface area (Å²) in [5.74, 6) is 0.763. The fourth-order valence-electron chi connectivity index (χ4n) is 2.48. The maximum Gasteiger partial charge on any atom is 0.0513 e. The van der Waals surface area contributed by atoms with Crippen molar-refractivity contribution in [1.29, 1.82) is 0 Å². The minimum Gasteiger partial charge on any atom is -0.368 e. The van der Waals surface area contributed by atoms with E-state index in [1.165, 1.54) is 41.5 Å². The maximum absolute atomic E-state index is 3.78. The minimum absolute atomic E-state index is 0.394. The molecule has 0 aromatic heterocycles. The van der Waals surface area contributed by atoms with E-state index in [2.05, 4.69) is 65.1 Å². The minimum atomic E-state index is 0.394. The van der Waals surface area contributed by atoms with Crippen LogP contribution < -0.4 is 10.2 Å². The van der Waals surface area contributed by atoms with E-state index in [1.54, 1.807) is 0 Å². The first-order chi connectivity index (χ1) is 9.52. The summed E-state index contributed by atoms with van der Waals surface area (Å²) in [5, 5.41) is 3.30. The van der Waals surface area contributed by atoms with Crippen molar-refractivity contribution < 1.29 is 0 Å². The van der Waals surface area contributed by atoms with Crippen LogP contribution in [0, 0.1) is 5.92 Å². The normalized spacial score (nSPS) is 16.5. The molecule has 1 aliphatic rings. The predicted octanol–water partition coefficient (Wildman–Crippen LogP) is 4.74. The number of hydrogen-bond donors (Lipinski definition) is 1. The number of hydrogen-bond acceptors (Lipinski definition) is 2. The van der Waals surface area contributed by atoms with Crippen LogP contribution in [0.2, 0.25) is 0 Å². The molecule has 1 aromatic rings. The zero-order valence-electron chi connectivity index (χ0n) is 13.1. The van der Waals surface area contributed by atoms with Crippen LogP contribution in [0.15, 0.2) is 22.7 Å². The summed E-state index contributed by atoms with van der Waals surface area (Å²) in [7, 11) is 2.01. The SMILES string of the molecule is CNC(C)c1ccc(N(CCC(C)C)C2CC2)c(Br)c1. The van der Waals surface area contributed by atoms with Crippen molar-refractivity contribution >= 4 is 21.6 Å². The van der Waals surface area contributed by atoms with Crippen LogP contribution >= 0.6 is 15.9 Å². The van der Waals surface area contributed by atoms with Crippen molar-refractivity contribution in [3.8, 4) is 0 Å². The van der Waals surface area contributed by atoms with E-state index in [0.717, 1.165) is 12.0 Å². The van der Waals surface area contributed by atoms with E-state index in [9.17, 15) is 0 Å². The lowest BCUT2D eigenvalue weighted by atomic mass is 10.1. The molecule has 20 heavy (non-hydrogen) atoms. The van der Waals surface area contributed by atoms with Gasteiger partial charge in [0.15, 0.2) is 0 Å². The average molecular weight is 339 g/mol. The molecule has 0 radical (unpaired) electrons. The summed E-state index contributed by atoms with van der Waals surface area (Å²) < 4.78 is 1.23. The van der Waals surface area contributed by atoms with E-state index < -0.39 is 0 Å². The van der Waals surface area contributed by atoms with Crippen LogP contribution in [0.3, 0.4) is 0 Å². The lowest BCUT2D eigenvalue weighted by molar-refractivity contribution is 0.570. The van der Waals surface area contributed by atoms with Crippen LogP contribution in [-0.2, 0) is 0 Å². The Hall–Kier alpha value is -0.540. The summed E-state index contributed by atoms with van der Waals surface area (Å²) in [6.45, 7) is 7.97. The van der Waals surface area contributed by atoms with Gasteiger partial charge in [-0.25, -0.2) is 0 Å². The van der Waals surface area contributed by atoms with Crippen molar-refractivity contribution in [3.63, 3.8) is 0 Å². The molecule has 0 heterocycles. The molecule has 2 nitrogen and oxygen atoms in total. The zero-order valence-corrected chi connectivity index (χ0v) is 14.7.